The van der Waals surface area contributed by atoms with E-state index in [0.717, 1.165) is 23.5 Å². The number of hydrogen-bond acceptors (Lipinski definition) is 1. The molecule has 1 atom stereocenters. The summed E-state index contributed by atoms with van der Waals surface area (Å²) in [6.07, 6.45) is 4.59. The molecule has 90 valence electrons. The van der Waals surface area contributed by atoms with Crippen LogP contribution in [0.3, 0.4) is 0 Å². The van der Waals surface area contributed by atoms with Gasteiger partial charge in [-0.25, -0.2) is 0 Å². The average molecular weight is 249 g/mol. The van der Waals surface area contributed by atoms with E-state index in [-0.39, 0.29) is 0 Å². The molecule has 2 aromatic rings. The molecule has 0 saturated carbocycles. The van der Waals surface area contributed by atoms with Crippen molar-refractivity contribution in [1.82, 2.24) is 9.88 Å². The highest BCUT2D eigenvalue weighted by Crippen LogP contribution is 2.31. The number of benzene rings is 1. The molecule has 0 spiro atoms. The first-order valence-corrected chi connectivity index (χ1v) is 6.58. The van der Waals surface area contributed by atoms with Crippen molar-refractivity contribution < 1.29 is 0 Å². The third-order valence-electron chi connectivity index (χ3n) is 3.74. The van der Waals surface area contributed by atoms with Gasteiger partial charge in [-0.05, 0) is 49.1 Å². The minimum Gasteiger partial charge on any atom is -0.350 e. The third-order valence-corrected chi connectivity index (χ3v) is 4.06. The van der Waals surface area contributed by atoms with Gasteiger partial charge in [0.05, 0.1) is 5.02 Å². The maximum atomic E-state index is 6.36. The Labute approximate surface area is 107 Å². The van der Waals surface area contributed by atoms with Crippen LogP contribution in [0.1, 0.15) is 24.3 Å². The summed E-state index contributed by atoms with van der Waals surface area (Å²) in [5.74, 6) is 0.612. The molecule has 0 amide bonds. The Balaban J connectivity index is 2.07. The van der Waals surface area contributed by atoms with E-state index in [4.69, 9.17) is 11.6 Å². The van der Waals surface area contributed by atoms with Crippen LogP contribution in [-0.4, -0.2) is 17.7 Å². The molecule has 3 rings (SSSR count). The molecule has 1 N–H and O–H groups in total. The van der Waals surface area contributed by atoms with Gasteiger partial charge in [0.25, 0.3) is 0 Å². The highest BCUT2D eigenvalue weighted by atomic mass is 35.5. The first-order chi connectivity index (χ1) is 8.25. The summed E-state index contributed by atoms with van der Waals surface area (Å²) in [4.78, 5) is 0. The Morgan fingerprint density at radius 2 is 2.29 bits per heavy atom. The van der Waals surface area contributed by atoms with Gasteiger partial charge in [-0.3, -0.25) is 0 Å². The normalized spacial score (nSPS) is 20.9. The van der Waals surface area contributed by atoms with Crippen LogP contribution in [0.2, 0.25) is 5.02 Å². The van der Waals surface area contributed by atoms with Gasteiger partial charge < -0.3 is 9.88 Å². The van der Waals surface area contributed by atoms with Gasteiger partial charge in [-0.1, -0.05) is 11.6 Å². The zero-order chi connectivity index (χ0) is 11.8. The maximum absolute atomic E-state index is 6.36. The molecule has 0 aliphatic carbocycles. The Kier molecular flexibility index (Phi) is 2.85. The van der Waals surface area contributed by atoms with E-state index < -0.39 is 0 Å². The second-order valence-corrected chi connectivity index (χ2v) is 5.31. The molecule has 2 nitrogen and oxygen atoms in total. The van der Waals surface area contributed by atoms with Crippen LogP contribution in [0, 0.1) is 0 Å². The van der Waals surface area contributed by atoms with E-state index in [0.29, 0.717) is 5.92 Å². The monoisotopic (exact) mass is 248 g/mol. The Bertz CT molecular complexity index is 538. The fourth-order valence-corrected chi connectivity index (χ4v) is 3.00. The molecule has 1 aromatic heterocycles. The first kappa shape index (κ1) is 11.1. The summed E-state index contributed by atoms with van der Waals surface area (Å²) in [7, 11) is 2.07. The third kappa shape index (κ3) is 1.96. The summed E-state index contributed by atoms with van der Waals surface area (Å²) >= 11 is 6.36. The van der Waals surface area contributed by atoms with Crippen LogP contribution >= 0.6 is 11.6 Å². The van der Waals surface area contributed by atoms with Crippen molar-refractivity contribution in [2.45, 2.75) is 18.8 Å². The zero-order valence-corrected chi connectivity index (χ0v) is 10.8. The van der Waals surface area contributed by atoms with Crippen LogP contribution in [0.4, 0.5) is 0 Å². The molecule has 1 aliphatic rings. The summed E-state index contributed by atoms with van der Waals surface area (Å²) in [5, 5.41) is 5.49. The topological polar surface area (TPSA) is 17.0 Å². The minimum atomic E-state index is 0.612. The van der Waals surface area contributed by atoms with Gasteiger partial charge >= 0.3 is 0 Å². The number of nitrogens with zero attached hydrogens (tertiary/aromatic N) is 1. The highest BCUT2D eigenvalue weighted by Gasteiger charge is 2.17. The quantitative estimate of drug-likeness (QED) is 0.820. The molecule has 1 fully saturated rings. The standard InChI is InChI=1S/C14H17ClN2/c1-17-6-4-12-13(15)7-11(8-14(12)17)10-3-2-5-16-9-10/h4,6-8,10,16H,2-3,5,9H2,1H3. The summed E-state index contributed by atoms with van der Waals surface area (Å²) < 4.78 is 2.14. The van der Waals surface area contributed by atoms with Crippen LogP contribution in [0.5, 0.6) is 0 Å². The fraction of sp³-hybridized carbons (Fsp3) is 0.429. The number of rotatable bonds is 1. The second kappa shape index (κ2) is 4.35. The molecule has 1 aliphatic heterocycles. The van der Waals surface area contributed by atoms with Gasteiger partial charge in [0.2, 0.25) is 0 Å². The van der Waals surface area contributed by atoms with E-state index in [1.807, 2.05) is 0 Å². The molecule has 17 heavy (non-hydrogen) atoms. The van der Waals surface area contributed by atoms with Crippen molar-refractivity contribution in [3.8, 4) is 0 Å². The van der Waals surface area contributed by atoms with Crippen LogP contribution < -0.4 is 5.32 Å². The van der Waals surface area contributed by atoms with Crippen molar-refractivity contribution in [2.75, 3.05) is 13.1 Å². The lowest BCUT2D eigenvalue weighted by Crippen LogP contribution is -2.28. The Morgan fingerprint density at radius 3 is 3.06 bits per heavy atom. The number of aryl methyl sites for hydroxylation is 1. The lowest BCUT2D eigenvalue weighted by molar-refractivity contribution is 0.462. The maximum Gasteiger partial charge on any atom is 0.0502 e. The summed E-state index contributed by atoms with van der Waals surface area (Å²) in [6, 6.07) is 6.51. The van der Waals surface area contributed by atoms with Crippen LogP contribution in [0.15, 0.2) is 24.4 Å². The summed E-state index contributed by atoms with van der Waals surface area (Å²) in [6.45, 7) is 2.23. The Morgan fingerprint density at radius 1 is 1.41 bits per heavy atom. The van der Waals surface area contributed by atoms with Crippen molar-refractivity contribution in [3.63, 3.8) is 0 Å². The highest BCUT2D eigenvalue weighted by molar-refractivity contribution is 6.35. The predicted octanol–water partition coefficient (Wildman–Crippen LogP) is 3.30. The van der Waals surface area contributed by atoms with Gasteiger partial charge in [-0.2, -0.15) is 0 Å². The van der Waals surface area contributed by atoms with E-state index in [2.05, 4.69) is 41.3 Å². The lowest BCUT2D eigenvalue weighted by atomic mass is 9.91. The molecule has 0 radical (unpaired) electrons. The van der Waals surface area contributed by atoms with Crippen molar-refractivity contribution in [2.24, 2.45) is 7.05 Å². The van der Waals surface area contributed by atoms with Gasteiger partial charge in [0.1, 0.15) is 0 Å². The largest absolute Gasteiger partial charge is 0.350 e. The van der Waals surface area contributed by atoms with Gasteiger partial charge in [0.15, 0.2) is 0 Å². The SMILES string of the molecule is Cn1ccc2c(Cl)cc(C3CCCNC3)cc21. The van der Waals surface area contributed by atoms with Gasteiger partial charge in [0, 0.05) is 30.7 Å². The number of halogens is 1. The zero-order valence-electron chi connectivity index (χ0n) is 10.0. The van der Waals surface area contributed by atoms with E-state index in [9.17, 15) is 0 Å². The molecule has 1 saturated heterocycles. The van der Waals surface area contributed by atoms with Crippen molar-refractivity contribution >= 4 is 22.5 Å². The van der Waals surface area contributed by atoms with Crippen LogP contribution in [0.25, 0.3) is 10.9 Å². The number of hydrogen-bond donors (Lipinski definition) is 1. The first-order valence-electron chi connectivity index (χ1n) is 6.21. The van der Waals surface area contributed by atoms with E-state index in [1.165, 1.54) is 23.9 Å². The number of aromatic nitrogens is 1. The number of piperidine rings is 1. The second-order valence-electron chi connectivity index (χ2n) is 4.91. The molecule has 0 bridgehead atoms. The van der Waals surface area contributed by atoms with Crippen molar-refractivity contribution in [3.05, 3.63) is 35.0 Å². The molecule has 1 aromatic carbocycles. The smallest absolute Gasteiger partial charge is 0.0502 e. The molecular formula is C14H17ClN2. The Hall–Kier alpha value is -0.990. The summed E-state index contributed by atoms with van der Waals surface area (Å²) in [5.41, 5.74) is 2.61. The fourth-order valence-electron chi connectivity index (χ4n) is 2.72. The van der Waals surface area contributed by atoms with E-state index in [1.54, 1.807) is 0 Å². The van der Waals surface area contributed by atoms with Crippen molar-refractivity contribution in [1.29, 1.82) is 0 Å². The van der Waals surface area contributed by atoms with E-state index >= 15 is 0 Å². The lowest BCUT2D eigenvalue weighted by Gasteiger charge is -2.23. The molecule has 3 heteroatoms. The van der Waals surface area contributed by atoms with Gasteiger partial charge in [-0.15, -0.1) is 0 Å². The average Bonchev–Trinajstić information content (AvgIpc) is 2.73. The minimum absolute atomic E-state index is 0.612. The van der Waals surface area contributed by atoms with Crippen LogP contribution in [-0.2, 0) is 7.05 Å². The molecule has 2 heterocycles. The molecular weight excluding hydrogens is 232 g/mol. The number of nitrogens with one attached hydrogen (secondary N) is 1. The predicted molar refractivity (Wildman–Crippen MR) is 72.8 cm³/mol. The molecule has 1 unspecified atom stereocenters. The number of fused-ring (bicyclic) bond motifs is 1.